The quantitative estimate of drug-likeness (QED) is 0.0935. The standard InChI is InChI=1S/C28H54O4/c1-6-9-11-12-13-14-15-16-17-18-19-20-21-23-31-26(29)28(4,5)27(30)32-24-25(8-3)22-10-7-2/h25H,6-24H2,1-5H3. The molecule has 0 amide bonds. The van der Waals surface area contributed by atoms with Gasteiger partial charge in [0.05, 0.1) is 13.2 Å². The molecule has 0 aromatic carbocycles. The van der Waals surface area contributed by atoms with E-state index in [1.165, 1.54) is 70.6 Å². The van der Waals surface area contributed by atoms with Crippen molar-refractivity contribution in [3.63, 3.8) is 0 Å². The minimum atomic E-state index is -1.24. The summed E-state index contributed by atoms with van der Waals surface area (Å²) in [7, 11) is 0. The maximum Gasteiger partial charge on any atom is 0.322 e. The lowest BCUT2D eigenvalue weighted by Crippen LogP contribution is -2.37. The van der Waals surface area contributed by atoms with Gasteiger partial charge in [0.1, 0.15) is 0 Å². The number of carbonyl (C=O) groups is 2. The van der Waals surface area contributed by atoms with E-state index < -0.39 is 17.4 Å². The minimum Gasteiger partial charge on any atom is -0.465 e. The van der Waals surface area contributed by atoms with Gasteiger partial charge in [-0.15, -0.1) is 0 Å². The summed E-state index contributed by atoms with van der Waals surface area (Å²) < 4.78 is 10.8. The summed E-state index contributed by atoms with van der Waals surface area (Å²) in [5.74, 6) is -0.567. The molecule has 0 aliphatic rings. The maximum absolute atomic E-state index is 12.4. The maximum atomic E-state index is 12.4. The summed E-state index contributed by atoms with van der Waals surface area (Å²) in [6.45, 7) is 10.5. The zero-order chi connectivity index (χ0) is 24.1. The Balaban J connectivity index is 3.77. The lowest BCUT2D eigenvalue weighted by Gasteiger charge is -2.22. The number of esters is 2. The Kier molecular flexibility index (Phi) is 19.9. The van der Waals surface area contributed by atoms with Gasteiger partial charge in [-0.1, -0.05) is 117 Å². The summed E-state index contributed by atoms with van der Waals surface area (Å²) >= 11 is 0. The van der Waals surface area contributed by atoms with Gasteiger partial charge in [0.15, 0.2) is 5.41 Å². The van der Waals surface area contributed by atoms with Crippen molar-refractivity contribution in [1.82, 2.24) is 0 Å². The molecular weight excluding hydrogens is 400 g/mol. The van der Waals surface area contributed by atoms with Crippen LogP contribution in [0.1, 0.15) is 144 Å². The van der Waals surface area contributed by atoms with Crippen molar-refractivity contribution >= 4 is 11.9 Å². The molecule has 1 unspecified atom stereocenters. The molecule has 0 aromatic rings. The molecule has 1 atom stereocenters. The second-order valence-corrected chi connectivity index (χ2v) is 10.0. The number of unbranched alkanes of at least 4 members (excludes halogenated alkanes) is 13. The molecule has 0 saturated carbocycles. The fourth-order valence-electron chi connectivity index (χ4n) is 3.82. The number of hydrogen-bond donors (Lipinski definition) is 0. The van der Waals surface area contributed by atoms with Gasteiger partial charge in [0.25, 0.3) is 0 Å². The number of ether oxygens (including phenoxy) is 2. The molecule has 0 heterocycles. The van der Waals surface area contributed by atoms with Gasteiger partial charge >= 0.3 is 11.9 Å². The predicted octanol–water partition coefficient (Wildman–Crippen LogP) is 8.41. The molecule has 0 N–H and O–H groups in total. The number of hydrogen-bond acceptors (Lipinski definition) is 4. The molecule has 0 fully saturated rings. The van der Waals surface area contributed by atoms with Crippen LogP contribution < -0.4 is 0 Å². The summed E-state index contributed by atoms with van der Waals surface area (Å²) in [4.78, 5) is 24.8. The third-order valence-electron chi connectivity index (χ3n) is 6.50. The smallest absolute Gasteiger partial charge is 0.322 e. The Morgan fingerprint density at radius 2 is 1.06 bits per heavy atom. The van der Waals surface area contributed by atoms with Crippen LogP contribution in [0.5, 0.6) is 0 Å². The van der Waals surface area contributed by atoms with Crippen molar-refractivity contribution in [1.29, 1.82) is 0 Å². The van der Waals surface area contributed by atoms with Crippen molar-refractivity contribution in [2.45, 2.75) is 144 Å². The lowest BCUT2D eigenvalue weighted by molar-refractivity contribution is -0.170. The largest absolute Gasteiger partial charge is 0.465 e. The molecule has 4 heteroatoms. The predicted molar refractivity (Wildman–Crippen MR) is 135 cm³/mol. The van der Waals surface area contributed by atoms with Gasteiger partial charge in [-0.25, -0.2) is 0 Å². The topological polar surface area (TPSA) is 52.6 Å². The fourth-order valence-corrected chi connectivity index (χ4v) is 3.82. The first-order chi connectivity index (χ1) is 15.4. The van der Waals surface area contributed by atoms with Crippen LogP contribution >= 0.6 is 0 Å². The first-order valence-corrected chi connectivity index (χ1v) is 13.7. The molecule has 0 radical (unpaired) electrons. The molecule has 0 rings (SSSR count). The second-order valence-electron chi connectivity index (χ2n) is 10.0. The summed E-state index contributed by atoms with van der Waals surface area (Å²) in [5.41, 5.74) is -1.24. The van der Waals surface area contributed by atoms with Crippen LogP contribution in [0.2, 0.25) is 0 Å². The molecular formula is C28H54O4. The molecule has 32 heavy (non-hydrogen) atoms. The lowest BCUT2D eigenvalue weighted by atomic mass is 9.93. The van der Waals surface area contributed by atoms with Crippen molar-refractivity contribution < 1.29 is 19.1 Å². The zero-order valence-corrected chi connectivity index (χ0v) is 22.1. The summed E-state index contributed by atoms with van der Waals surface area (Å²) in [6.07, 6.45) is 21.0. The van der Waals surface area contributed by atoms with Gasteiger partial charge in [-0.3, -0.25) is 9.59 Å². The van der Waals surface area contributed by atoms with Crippen LogP contribution in [0.15, 0.2) is 0 Å². The van der Waals surface area contributed by atoms with Gasteiger partial charge in [0, 0.05) is 0 Å². The molecule has 4 nitrogen and oxygen atoms in total. The normalized spacial score (nSPS) is 12.5. The second kappa shape index (κ2) is 20.5. The average Bonchev–Trinajstić information content (AvgIpc) is 2.78. The summed E-state index contributed by atoms with van der Waals surface area (Å²) in [6, 6.07) is 0. The number of rotatable bonds is 22. The minimum absolute atomic E-state index is 0.372. The van der Waals surface area contributed by atoms with Gasteiger partial charge in [-0.05, 0) is 32.6 Å². The summed E-state index contributed by atoms with van der Waals surface area (Å²) in [5, 5.41) is 0. The van der Waals surface area contributed by atoms with Gasteiger partial charge in [-0.2, -0.15) is 0 Å². The van der Waals surface area contributed by atoms with Crippen molar-refractivity contribution in [2.24, 2.45) is 11.3 Å². The van der Waals surface area contributed by atoms with Crippen molar-refractivity contribution in [3.8, 4) is 0 Å². The van der Waals surface area contributed by atoms with E-state index in [1.807, 2.05) is 0 Å². The molecule has 0 aliphatic heterocycles. The highest BCUT2D eigenvalue weighted by Gasteiger charge is 2.39. The van der Waals surface area contributed by atoms with E-state index >= 15 is 0 Å². The third-order valence-corrected chi connectivity index (χ3v) is 6.50. The Hall–Kier alpha value is -1.06. The molecule has 190 valence electrons. The monoisotopic (exact) mass is 454 g/mol. The molecule has 0 spiro atoms. The third kappa shape index (κ3) is 15.7. The van der Waals surface area contributed by atoms with E-state index in [0.717, 1.165) is 38.5 Å². The highest BCUT2D eigenvalue weighted by atomic mass is 16.6. The first kappa shape index (κ1) is 30.9. The average molecular weight is 455 g/mol. The highest BCUT2D eigenvalue weighted by Crippen LogP contribution is 2.22. The van der Waals surface area contributed by atoms with E-state index in [0.29, 0.717) is 19.1 Å². The Morgan fingerprint density at radius 3 is 1.53 bits per heavy atom. The van der Waals surface area contributed by atoms with Gasteiger partial charge in [0.2, 0.25) is 0 Å². The van der Waals surface area contributed by atoms with Crippen LogP contribution in [0, 0.1) is 11.3 Å². The van der Waals surface area contributed by atoms with Crippen molar-refractivity contribution in [2.75, 3.05) is 13.2 Å². The van der Waals surface area contributed by atoms with Crippen LogP contribution in [0.3, 0.4) is 0 Å². The molecule has 0 bridgehead atoms. The van der Waals surface area contributed by atoms with E-state index in [2.05, 4.69) is 20.8 Å². The Bertz CT molecular complexity index is 458. The Morgan fingerprint density at radius 1 is 0.625 bits per heavy atom. The van der Waals surface area contributed by atoms with E-state index in [4.69, 9.17) is 9.47 Å². The van der Waals surface area contributed by atoms with E-state index in [-0.39, 0.29) is 0 Å². The van der Waals surface area contributed by atoms with E-state index in [1.54, 1.807) is 13.8 Å². The van der Waals surface area contributed by atoms with Crippen LogP contribution in [-0.2, 0) is 19.1 Å². The fraction of sp³-hybridized carbons (Fsp3) is 0.929. The zero-order valence-electron chi connectivity index (χ0n) is 22.1. The molecule has 0 aromatic heterocycles. The first-order valence-electron chi connectivity index (χ1n) is 13.7. The van der Waals surface area contributed by atoms with Crippen molar-refractivity contribution in [3.05, 3.63) is 0 Å². The van der Waals surface area contributed by atoms with E-state index in [9.17, 15) is 9.59 Å². The molecule has 0 aliphatic carbocycles. The number of carbonyl (C=O) groups excluding carboxylic acids is 2. The highest BCUT2D eigenvalue weighted by molar-refractivity contribution is 5.99. The van der Waals surface area contributed by atoms with Crippen LogP contribution in [0.4, 0.5) is 0 Å². The van der Waals surface area contributed by atoms with Crippen LogP contribution in [0.25, 0.3) is 0 Å². The molecule has 0 saturated heterocycles. The Labute approximate surface area is 199 Å². The SMILES string of the molecule is CCCCCCCCCCCCCCCOC(=O)C(C)(C)C(=O)OCC(CC)CCCC. The van der Waals surface area contributed by atoms with Crippen LogP contribution in [-0.4, -0.2) is 25.2 Å². The van der Waals surface area contributed by atoms with Gasteiger partial charge < -0.3 is 9.47 Å².